The Kier molecular flexibility index (Phi) is 33.8. The van der Waals surface area contributed by atoms with E-state index in [1.165, 1.54) is 141 Å². The van der Waals surface area contributed by atoms with Crippen LogP contribution in [-0.2, 0) is 23.2 Å². The summed E-state index contributed by atoms with van der Waals surface area (Å²) in [6.07, 6.45) is 34.8. The SMILES string of the molecule is CCCCCCCCCCCCCCCC(=O)CCC(CCC(=O)CCCCCCCCCCCCCCC)OP(=O)(O)OCC[N+](C)(C)C. The van der Waals surface area contributed by atoms with E-state index in [1.807, 2.05) is 21.1 Å². The average Bonchev–Trinajstić information content (AvgIpc) is 3.05. The standard InChI is InChI=1S/C42H84NO6P/c1-6-8-10-12-14-16-18-20-22-24-26-28-30-32-40(44)34-36-42(49-50(46,47)48-39-38-43(3,4)5)37-35-41(45)33-31-29-27-25-23-21-19-17-15-13-11-9-7-2/h42H,6-39H2,1-5H3/p+1. The number of ketones is 2. The third-order valence-electron chi connectivity index (χ3n) is 9.91. The van der Waals surface area contributed by atoms with Gasteiger partial charge in [-0.05, 0) is 25.7 Å². The summed E-state index contributed by atoms with van der Waals surface area (Å²) in [7, 11) is 1.67. The molecule has 1 unspecified atom stereocenters. The molecule has 0 heterocycles. The van der Waals surface area contributed by atoms with E-state index in [4.69, 9.17) is 9.05 Å². The van der Waals surface area contributed by atoms with E-state index in [9.17, 15) is 19.0 Å². The number of carbonyl (C=O) groups excluding carboxylic acids is 2. The van der Waals surface area contributed by atoms with Crippen molar-refractivity contribution in [2.45, 2.75) is 225 Å². The lowest BCUT2D eigenvalue weighted by Gasteiger charge is -2.25. The van der Waals surface area contributed by atoms with Crippen molar-refractivity contribution in [3.8, 4) is 0 Å². The van der Waals surface area contributed by atoms with Crippen molar-refractivity contribution in [2.24, 2.45) is 0 Å². The molecule has 0 bridgehead atoms. The van der Waals surface area contributed by atoms with E-state index < -0.39 is 13.9 Å². The topological polar surface area (TPSA) is 89.9 Å². The minimum atomic E-state index is -4.29. The van der Waals surface area contributed by atoms with Crippen molar-refractivity contribution in [1.82, 2.24) is 0 Å². The molecule has 0 aliphatic carbocycles. The Morgan fingerprint density at radius 2 is 0.820 bits per heavy atom. The van der Waals surface area contributed by atoms with Crippen molar-refractivity contribution < 1.29 is 32.6 Å². The highest BCUT2D eigenvalue weighted by atomic mass is 31.2. The quantitative estimate of drug-likeness (QED) is 0.0383. The van der Waals surface area contributed by atoms with E-state index in [-0.39, 0.29) is 18.2 Å². The van der Waals surface area contributed by atoms with Crippen LogP contribution in [0.1, 0.15) is 219 Å². The van der Waals surface area contributed by atoms with Gasteiger partial charge in [-0.3, -0.25) is 18.6 Å². The Bertz CT molecular complexity index is 784. The summed E-state index contributed by atoms with van der Waals surface area (Å²) in [5.41, 5.74) is 0. The Morgan fingerprint density at radius 3 is 1.12 bits per heavy atom. The number of unbranched alkanes of at least 4 members (excludes halogenated alkanes) is 24. The molecular weight excluding hydrogens is 645 g/mol. The molecule has 0 amide bonds. The van der Waals surface area contributed by atoms with Gasteiger partial charge in [0.15, 0.2) is 0 Å². The number of phosphoric ester groups is 1. The minimum Gasteiger partial charge on any atom is -0.329 e. The molecular formula is C42H85NO6P+. The van der Waals surface area contributed by atoms with E-state index in [2.05, 4.69) is 13.8 Å². The van der Waals surface area contributed by atoms with Crippen LogP contribution in [0.15, 0.2) is 0 Å². The average molecular weight is 731 g/mol. The van der Waals surface area contributed by atoms with Gasteiger partial charge in [-0.15, -0.1) is 0 Å². The fourth-order valence-electron chi connectivity index (χ4n) is 6.47. The smallest absolute Gasteiger partial charge is 0.329 e. The van der Waals surface area contributed by atoms with Crippen molar-refractivity contribution in [3.63, 3.8) is 0 Å². The number of quaternary nitrogens is 1. The maximum atomic E-state index is 12.8. The molecule has 0 aliphatic rings. The maximum Gasteiger partial charge on any atom is 0.472 e. The van der Waals surface area contributed by atoms with Gasteiger partial charge in [-0.25, -0.2) is 4.57 Å². The van der Waals surface area contributed by atoms with Gasteiger partial charge >= 0.3 is 7.82 Å². The zero-order valence-electron chi connectivity index (χ0n) is 34.0. The van der Waals surface area contributed by atoms with E-state index >= 15 is 0 Å². The van der Waals surface area contributed by atoms with Crippen molar-refractivity contribution in [2.75, 3.05) is 34.3 Å². The number of hydrogen-bond donors (Lipinski definition) is 1. The number of likely N-dealkylation sites (N-methyl/N-ethyl adjacent to an activating group) is 1. The van der Waals surface area contributed by atoms with Crippen LogP contribution in [0.3, 0.4) is 0 Å². The van der Waals surface area contributed by atoms with Crippen LogP contribution in [0.4, 0.5) is 0 Å². The molecule has 50 heavy (non-hydrogen) atoms. The first-order chi connectivity index (χ1) is 24.0. The molecule has 0 aromatic carbocycles. The second-order valence-electron chi connectivity index (χ2n) is 16.2. The number of phosphoric acid groups is 1. The van der Waals surface area contributed by atoms with Crippen LogP contribution in [-0.4, -0.2) is 61.3 Å². The molecule has 0 saturated heterocycles. The van der Waals surface area contributed by atoms with Crippen molar-refractivity contribution in [3.05, 3.63) is 0 Å². The summed E-state index contributed by atoms with van der Waals surface area (Å²) >= 11 is 0. The van der Waals surface area contributed by atoms with Gasteiger partial charge in [-0.1, -0.05) is 168 Å². The van der Waals surface area contributed by atoms with Gasteiger partial charge in [0.1, 0.15) is 24.7 Å². The Morgan fingerprint density at radius 1 is 0.520 bits per heavy atom. The predicted octanol–water partition coefficient (Wildman–Crippen LogP) is 12.9. The lowest BCUT2D eigenvalue weighted by molar-refractivity contribution is -0.870. The maximum absolute atomic E-state index is 12.8. The molecule has 0 aromatic heterocycles. The molecule has 7 nitrogen and oxygen atoms in total. The monoisotopic (exact) mass is 731 g/mol. The van der Waals surface area contributed by atoms with E-state index in [1.54, 1.807) is 0 Å². The van der Waals surface area contributed by atoms with Crippen LogP contribution < -0.4 is 0 Å². The first-order valence-corrected chi connectivity index (χ1v) is 23.0. The zero-order valence-corrected chi connectivity index (χ0v) is 34.9. The van der Waals surface area contributed by atoms with Crippen LogP contribution >= 0.6 is 7.82 Å². The van der Waals surface area contributed by atoms with E-state index in [0.717, 1.165) is 25.7 Å². The lowest BCUT2D eigenvalue weighted by atomic mass is 10.00. The summed E-state index contributed by atoms with van der Waals surface area (Å²) < 4.78 is 24.2. The highest BCUT2D eigenvalue weighted by Gasteiger charge is 2.28. The van der Waals surface area contributed by atoms with Crippen LogP contribution in [0.25, 0.3) is 0 Å². The van der Waals surface area contributed by atoms with E-state index in [0.29, 0.717) is 49.6 Å². The normalized spacial score (nSPS) is 13.3. The van der Waals surface area contributed by atoms with Gasteiger partial charge in [0.05, 0.1) is 27.2 Å². The highest BCUT2D eigenvalue weighted by molar-refractivity contribution is 7.47. The summed E-state index contributed by atoms with van der Waals surface area (Å²) in [4.78, 5) is 35.8. The largest absolute Gasteiger partial charge is 0.472 e. The molecule has 1 N–H and O–H groups in total. The lowest BCUT2D eigenvalue weighted by Crippen LogP contribution is -2.37. The van der Waals surface area contributed by atoms with Gasteiger partial charge in [0, 0.05) is 25.7 Å². The summed E-state index contributed by atoms with van der Waals surface area (Å²) in [6.45, 7) is 5.18. The third-order valence-corrected chi connectivity index (χ3v) is 11.0. The first kappa shape index (κ1) is 49.4. The van der Waals surface area contributed by atoms with Crippen LogP contribution in [0, 0.1) is 0 Å². The summed E-state index contributed by atoms with van der Waals surface area (Å²) in [5, 5.41) is 0. The molecule has 0 aromatic rings. The third kappa shape index (κ3) is 37.2. The molecule has 0 rings (SSSR count). The Balaban J connectivity index is 4.33. The fourth-order valence-corrected chi connectivity index (χ4v) is 7.43. The van der Waals surface area contributed by atoms with Gasteiger partial charge in [0.25, 0.3) is 0 Å². The van der Waals surface area contributed by atoms with Gasteiger partial charge in [0.2, 0.25) is 0 Å². The second kappa shape index (κ2) is 34.2. The molecule has 8 heteroatoms. The number of carbonyl (C=O) groups is 2. The fraction of sp³-hybridized carbons (Fsp3) is 0.952. The molecule has 0 aliphatic heterocycles. The van der Waals surface area contributed by atoms with Gasteiger partial charge in [-0.2, -0.15) is 0 Å². The molecule has 298 valence electrons. The molecule has 0 saturated carbocycles. The number of hydrogen-bond acceptors (Lipinski definition) is 5. The first-order valence-electron chi connectivity index (χ1n) is 21.5. The Hall–Kier alpha value is -0.590. The molecule has 0 radical (unpaired) electrons. The number of Topliss-reactive ketones (excluding diaryl/α,β-unsaturated/α-hetero) is 2. The minimum absolute atomic E-state index is 0.0972. The predicted molar refractivity (Wildman–Crippen MR) is 213 cm³/mol. The summed E-state index contributed by atoms with van der Waals surface area (Å²) in [5.74, 6) is 0.331. The highest BCUT2D eigenvalue weighted by Crippen LogP contribution is 2.46. The molecule has 1 atom stereocenters. The molecule has 0 fully saturated rings. The molecule has 0 spiro atoms. The second-order valence-corrected chi connectivity index (χ2v) is 17.6. The van der Waals surface area contributed by atoms with Crippen LogP contribution in [0.2, 0.25) is 0 Å². The van der Waals surface area contributed by atoms with Gasteiger partial charge < -0.3 is 9.38 Å². The number of rotatable bonds is 40. The Labute approximate surface area is 311 Å². The number of nitrogens with zero attached hydrogens (tertiary/aromatic N) is 1. The van der Waals surface area contributed by atoms with Crippen LogP contribution in [0.5, 0.6) is 0 Å². The van der Waals surface area contributed by atoms with Crippen molar-refractivity contribution in [1.29, 1.82) is 0 Å². The summed E-state index contributed by atoms with van der Waals surface area (Å²) in [6, 6.07) is 0. The zero-order chi connectivity index (χ0) is 37.2. The van der Waals surface area contributed by atoms with Crippen molar-refractivity contribution >= 4 is 19.4 Å².